The summed E-state index contributed by atoms with van der Waals surface area (Å²) in [5.74, 6) is -0.762. The van der Waals surface area contributed by atoms with Crippen LogP contribution in [0.2, 0.25) is 0 Å². The second-order valence-electron chi connectivity index (χ2n) is 6.09. The number of nitrogens with one attached hydrogen (secondary N) is 1. The van der Waals surface area contributed by atoms with Crippen molar-refractivity contribution in [2.75, 3.05) is 12.4 Å². The van der Waals surface area contributed by atoms with E-state index in [0.717, 1.165) is 5.56 Å². The number of carbonyl (C=O) groups is 1. The van der Waals surface area contributed by atoms with E-state index in [1.807, 2.05) is 0 Å². The van der Waals surface area contributed by atoms with Gasteiger partial charge in [0.1, 0.15) is 11.6 Å². The molecule has 0 aliphatic carbocycles. The number of hydrogen-bond acceptors (Lipinski definition) is 6. The van der Waals surface area contributed by atoms with Gasteiger partial charge < -0.3 is 10.2 Å². The number of nitrogens with zero attached hydrogens (tertiary/aromatic N) is 3. The Morgan fingerprint density at radius 1 is 1.18 bits per heavy atom. The lowest BCUT2D eigenvalue weighted by molar-refractivity contribution is -0.129. The molecule has 0 bridgehead atoms. The van der Waals surface area contributed by atoms with Crippen LogP contribution in [0.25, 0.3) is 0 Å². The van der Waals surface area contributed by atoms with Crippen LogP contribution in [0.4, 0.5) is 19.6 Å². The zero-order valence-corrected chi connectivity index (χ0v) is 16.9. The number of halogens is 2. The molecule has 0 aliphatic rings. The van der Waals surface area contributed by atoms with Gasteiger partial charge in [0, 0.05) is 19.3 Å². The van der Waals surface area contributed by atoms with Crippen molar-refractivity contribution < 1.29 is 13.6 Å². The van der Waals surface area contributed by atoms with E-state index in [1.54, 1.807) is 43.1 Å². The second kappa shape index (κ2) is 9.11. The first-order valence-corrected chi connectivity index (χ1v) is 10.1. The Morgan fingerprint density at radius 3 is 2.61 bits per heavy atom. The maximum Gasteiger partial charge on any atom is 0.235 e. The number of amides is 1. The van der Waals surface area contributed by atoms with Gasteiger partial charge in [-0.2, -0.15) is 0 Å². The quantitative estimate of drug-likeness (QED) is 0.562. The zero-order valence-electron chi connectivity index (χ0n) is 15.2. The highest BCUT2D eigenvalue weighted by Crippen LogP contribution is 2.31. The van der Waals surface area contributed by atoms with Crippen LogP contribution in [-0.4, -0.2) is 33.3 Å². The molecule has 1 aromatic heterocycles. The summed E-state index contributed by atoms with van der Waals surface area (Å²) in [7, 11) is 1.68. The fourth-order valence-corrected chi connectivity index (χ4v) is 4.53. The van der Waals surface area contributed by atoms with Gasteiger partial charge in [0.25, 0.3) is 0 Å². The fraction of sp³-hybridized carbons (Fsp3) is 0.211. The Labute approximate surface area is 169 Å². The molecular weight excluding hydrogens is 402 g/mol. The molecule has 0 fully saturated rings. The molecule has 3 rings (SSSR count). The lowest BCUT2D eigenvalue weighted by Crippen LogP contribution is -2.32. The smallest absolute Gasteiger partial charge is 0.235 e. The minimum atomic E-state index is -0.381. The average Bonchev–Trinajstić information content (AvgIpc) is 3.07. The molecule has 0 aliphatic heterocycles. The summed E-state index contributed by atoms with van der Waals surface area (Å²) in [4.78, 5) is 14.1. The second-order valence-corrected chi connectivity index (χ2v) is 8.66. The topological polar surface area (TPSA) is 58.1 Å². The molecule has 2 aromatic carbocycles. The molecule has 0 radical (unpaired) electrons. The van der Waals surface area contributed by atoms with Crippen LogP contribution in [0.5, 0.6) is 0 Å². The number of aromatic nitrogens is 2. The number of anilines is 2. The summed E-state index contributed by atoms with van der Waals surface area (Å²) < 4.78 is 27.2. The number of thioether (sulfide) groups is 1. The van der Waals surface area contributed by atoms with Gasteiger partial charge in [0.2, 0.25) is 11.0 Å². The van der Waals surface area contributed by atoms with E-state index in [-0.39, 0.29) is 22.8 Å². The van der Waals surface area contributed by atoms with Crippen LogP contribution in [0.3, 0.4) is 0 Å². The van der Waals surface area contributed by atoms with Gasteiger partial charge in [-0.1, -0.05) is 41.3 Å². The molecule has 1 amide bonds. The van der Waals surface area contributed by atoms with Gasteiger partial charge in [0.05, 0.1) is 5.25 Å². The Morgan fingerprint density at radius 2 is 1.89 bits per heavy atom. The van der Waals surface area contributed by atoms with Gasteiger partial charge in [-0.25, -0.2) is 8.78 Å². The molecule has 0 saturated heterocycles. The summed E-state index contributed by atoms with van der Waals surface area (Å²) >= 11 is 2.58. The maximum atomic E-state index is 13.3. The van der Waals surface area contributed by atoms with Crippen LogP contribution < -0.4 is 5.32 Å². The standard InChI is InChI=1S/C19H18F2N4OS2/c1-12(17(26)25(2)11-13-5-3-6-14(20)9-13)27-19-24-23-18(28-19)22-16-8-4-7-15(21)10-16/h3-10,12H,11H2,1-2H3,(H,22,23). The fourth-order valence-electron chi connectivity index (χ4n) is 2.50. The highest BCUT2D eigenvalue weighted by Gasteiger charge is 2.21. The third kappa shape index (κ3) is 5.49. The molecule has 1 unspecified atom stereocenters. The molecule has 146 valence electrons. The van der Waals surface area contributed by atoms with E-state index >= 15 is 0 Å². The molecule has 0 spiro atoms. The summed E-state index contributed by atoms with van der Waals surface area (Å²) in [6.07, 6.45) is 0. The van der Waals surface area contributed by atoms with Crippen molar-refractivity contribution in [1.82, 2.24) is 15.1 Å². The molecule has 0 saturated carbocycles. The number of carbonyl (C=O) groups excluding carboxylic acids is 1. The zero-order chi connectivity index (χ0) is 20.1. The van der Waals surface area contributed by atoms with Crippen LogP contribution >= 0.6 is 23.1 Å². The van der Waals surface area contributed by atoms with Gasteiger partial charge >= 0.3 is 0 Å². The lowest BCUT2D eigenvalue weighted by atomic mass is 10.2. The summed E-state index contributed by atoms with van der Waals surface area (Å²) in [5.41, 5.74) is 1.30. The van der Waals surface area contributed by atoms with Crippen molar-refractivity contribution in [1.29, 1.82) is 0 Å². The maximum absolute atomic E-state index is 13.3. The van der Waals surface area contributed by atoms with E-state index in [1.165, 1.54) is 47.4 Å². The first kappa shape index (κ1) is 20.2. The Hall–Kier alpha value is -2.52. The van der Waals surface area contributed by atoms with Gasteiger partial charge in [-0.3, -0.25) is 4.79 Å². The molecular formula is C19H18F2N4OS2. The molecule has 1 N–H and O–H groups in total. The first-order chi connectivity index (χ1) is 13.4. The molecule has 9 heteroatoms. The van der Waals surface area contributed by atoms with Crippen molar-refractivity contribution in [3.63, 3.8) is 0 Å². The lowest BCUT2D eigenvalue weighted by Gasteiger charge is -2.20. The predicted octanol–water partition coefficient (Wildman–Crippen LogP) is 4.70. The number of rotatable bonds is 7. The van der Waals surface area contributed by atoms with E-state index in [2.05, 4.69) is 15.5 Å². The van der Waals surface area contributed by atoms with Crippen LogP contribution in [0.1, 0.15) is 12.5 Å². The van der Waals surface area contributed by atoms with E-state index in [0.29, 0.717) is 21.7 Å². The number of benzene rings is 2. The van der Waals surface area contributed by atoms with E-state index < -0.39 is 0 Å². The van der Waals surface area contributed by atoms with Crippen molar-refractivity contribution in [2.45, 2.75) is 23.1 Å². The van der Waals surface area contributed by atoms with E-state index in [9.17, 15) is 13.6 Å². The number of hydrogen-bond donors (Lipinski definition) is 1. The molecule has 1 heterocycles. The Bertz CT molecular complexity index is 966. The molecule has 5 nitrogen and oxygen atoms in total. The molecule has 3 aromatic rings. The largest absolute Gasteiger partial charge is 0.340 e. The Balaban J connectivity index is 1.57. The summed E-state index contributed by atoms with van der Waals surface area (Å²) in [5, 5.41) is 11.2. The first-order valence-electron chi connectivity index (χ1n) is 8.43. The average molecular weight is 421 g/mol. The van der Waals surface area contributed by atoms with Gasteiger partial charge in [-0.15, -0.1) is 10.2 Å². The molecule has 28 heavy (non-hydrogen) atoms. The summed E-state index contributed by atoms with van der Waals surface area (Å²) in [6, 6.07) is 12.2. The predicted molar refractivity (Wildman–Crippen MR) is 108 cm³/mol. The van der Waals surface area contributed by atoms with Crippen molar-refractivity contribution in [3.8, 4) is 0 Å². The van der Waals surface area contributed by atoms with Crippen molar-refractivity contribution >= 4 is 39.8 Å². The third-order valence-corrected chi connectivity index (χ3v) is 5.80. The monoisotopic (exact) mass is 420 g/mol. The SMILES string of the molecule is CC(Sc1nnc(Nc2cccc(F)c2)s1)C(=O)N(C)Cc1cccc(F)c1. The van der Waals surface area contributed by atoms with Crippen molar-refractivity contribution in [3.05, 3.63) is 65.7 Å². The molecule has 1 atom stereocenters. The van der Waals surface area contributed by atoms with Crippen LogP contribution in [-0.2, 0) is 11.3 Å². The highest BCUT2D eigenvalue weighted by atomic mass is 32.2. The van der Waals surface area contributed by atoms with Crippen molar-refractivity contribution in [2.24, 2.45) is 0 Å². The third-order valence-electron chi connectivity index (χ3n) is 3.79. The summed E-state index contributed by atoms with van der Waals surface area (Å²) in [6.45, 7) is 2.11. The minimum absolute atomic E-state index is 0.0934. The Kier molecular flexibility index (Phi) is 6.58. The minimum Gasteiger partial charge on any atom is -0.340 e. The van der Waals surface area contributed by atoms with Gasteiger partial charge in [0.15, 0.2) is 4.34 Å². The van der Waals surface area contributed by atoms with E-state index in [4.69, 9.17) is 0 Å². The normalized spacial score (nSPS) is 11.9. The van der Waals surface area contributed by atoms with Crippen LogP contribution in [0.15, 0.2) is 52.9 Å². The van der Waals surface area contributed by atoms with Crippen LogP contribution in [0, 0.1) is 11.6 Å². The van der Waals surface area contributed by atoms with Gasteiger partial charge in [-0.05, 0) is 42.8 Å². The highest BCUT2D eigenvalue weighted by molar-refractivity contribution is 8.02.